The molecular formula is C14H21BrN2O. The Kier molecular flexibility index (Phi) is 4.65. The lowest BCUT2D eigenvalue weighted by Crippen LogP contribution is -2.26. The van der Waals surface area contributed by atoms with Crippen LogP contribution in [0, 0.1) is 0 Å². The molecule has 0 spiro atoms. The van der Waals surface area contributed by atoms with E-state index in [0.717, 1.165) is 35.0 Å². The first-order valence-electron chi connectivity index (χ1n) is 6.46. The number of hydrogen-bond donors (Lipinski definition) is 1. The fourth-order valence-corrected chi connectivity index (χ4v) is 2.43. The Morgan fingerprint density at radius 2 is 2.22 bits per heavy atom. The van der Waals surface area contributed by atoms with Gasteiger partial charge in [-0.05, 0) is 60.4 Å². The number of ether oxygens (including phenoxy) is 1. The first-order valence-corrected chi connectivity index (χ1v) is 7.25. The number of hydrogen-bond acceptors (Lipinski definition) is 3. The Morgan fingerprint density at radius 3 is 2.78 bits per heavy atom. The summed E-state index contributed by atoms with van der Waals surface area (Å²) in [4.78, 5) is 2.37. The average molecular weight is 313 g/mol. The van der Waals surface area contributed by atoms with Gasteiger partial charge in [0.2, 0.25) is 0 Å². The van der Waals surface area contributed by atoms with Gasteiger partial charge in [-0.25, -0.2) is 0 Å². The number of likely N-dealkylation sites (N-methyl/N-ethyl adjacent to an activating group) is 1. The summed E-state index contributed by atoms with van der Waals surface area (Å²) in [6.07, 6.45) is 2.67. The van der Waals surface area contributed by atoms with E-state index in [1.165, 1.54) is 12.8 Å². The maximum atomic E-state index is 5.84. The second kappa shape index (κ2) is 6.04. The maximum absolute atomic E-state index is 5.84. The fraction of sp³-hybridized carbons (Fsp3) is 0.571. The van der Waals surface area contributed by atoms with Crippen molar-refractivity contribution in [2.75, 3.05) is 20.2 Å². The SMILES string of the molecule is C[C@H](N)c1ccc(OCCN(C)C2CC2)c(Br)c1. The zero-order valence-electron chi connectivity index (χ0n) is 11.0. The molecule has 1 atom stereocenters. The number of nitrogens with zero attached hydrogens (tertiary/aromatic N) is 1. The summed E-state index contributed by atoms with van der Waals surface area (Å²) in [5, 5.41) is 0. The van der Waals surface area contributed by atoms with Gasteiger partial charge < -0.3 is 15.4 Å². The van der Waals surface area contributed by atoms with Crippen LogP contribution < -0.4 is 10.5 Å². The predicted octanol–water partition coefficient (Wildman–Crippen LogP) is 2.94. The molecule has 0 heterocycles. The van der Waals surface area contributed by atoms with Gasteiger partial charge >= 0.3 is 0 Å². The van der Waals surface area contributed by atoms with Gasteiger partial charge in [-0.2, -0.15) is 0 Å². The second-order valence-corrected chi connectivity index (χ2v) is 5.89. The van der Waals surface area contributed by atoms with Crippen LogP contribution in [0.2, 0.25) is 0 Å². The Bertz CT molecular complexity index is 405. The van der Waals surface area contributed by atoms with E-state index in [4.69, 9.17) is 10.5 Å². The lowest BCUT2D eigenvalue weighted by Gasteiger charge is -2.17. The zero-order valence-corrected chi connectivity index (χ0v) is 12.6. The normalized spacial score (nSPS) is 16.9. The van der Waals surface area contributed by atoms with Gasteiger partial charge in [0.15, 0.2) is 0 Å². The molecule has 0 unspecified atom stereocenters. The van der Waals surface area contributed by atoms with Crippen molar-refractivity contribution < 1.29 is 4.74 Å². The molecular weight excluding hydrogens is 292 g/mol. The van der Waals surface area contributed by atoms with Crippen LogP contribution in [0.25, 0.3) is 0 Å². The molecule has 0 aliphatic heterocycles. The zero-order chi connectivity index (χ0) is 13.1. The van der Waals surface area contributed by atoms with Crippen LogP contribution in [0.5, 0.6) is 5.75 Å². The molecule has 0 amide bonds. The third-order valence-electron chi connectivity index (χ3n) is 3.35. The molecule has 4 heteroatoms. The highest BCUT2D eigenvalue weighted by Crippen LogP contribution is 2.28. The minimum Gasteiger partial charge on any atom is -0.491 e. The molecule has 1 saturated carbocycles. The Hall–Kier alpha value is -0.580. The second-order valence-electron chi connectivity index (χ2n) is 5.04. The van der Waals surface area contributed by atoms with Gasteiger partial charge in [-0.15, -0.1) is 0 Å². The predicted molar refractivity (Wildman–Crippen MR) is 77.9 cm³/mol. The van der Waals surface area contributed by atoms with E-state index in [9.17, 15) is 0 Å². The highest BCUT2D eigenvalue weighted by Gasteiger charge is 2.25. The maximum Gasteiger partial charge on any atom is 0.133 e. The van der Waals surface area contributed by atoms with Gasteiger partial charge in [-0.1, -0.05) is 6.07 Å². The van der Waals surface area contributed by atoms with Crippen molar-refractivity contribution in [2.24, 2.45) is 5.73 Å². The molecule has 18 heavy (non-hydrogen) atoms. The van der Waals surface area contributed by atoms with E-state index < -0.39 is 0 Å². The van der Waals surface area contributed by atoms with Crippen LogP contribution in [0.1, 0.15) is 31.4 Å². The van der Waals surface area contributed by atoms with E-state index in [1.54, 1.807) is 0 Å². The summed E-state index contributed by atoms with van der Waals surface area (Å²) in [6, 6.07) is 6.88. The summed E-state index contributed by atoms with van der Waals surface area (Å²) in [5.41, 5.74) is 6.96. The lowest BCUT2D eigenvalue weighted by molar-refractivity contribution is 0.231. The standard InChI is InChI=1S/C14H21BrN2O/c1-10(16)11-3-6-14(13(15)9-11)18-8-7-17(2)12-4-5-12/h3,6,9-10,12H,4-5,7-8,16H2,1-2H3/t10-/m0/s1. The number of halogens is 1. The molecule has 0 aromatic heterocycles. The van der Waals surface area contributed by atoms with Crippen LogP contribution in [-0.4, -0.2) is 31.1 Å². The molecule has 0 radical (unpaired) electrons. The van der Waals surface area contributed by atoms with E-state index in [1.807, 2.05) is 25.1 Å². The van der Waals surface area contributed by atoms with Crippen LogP contribution in [0.3, 0.4) is 0 Å². The molecule has 1 aromatic rings. The summed E-state index contributed by atoms with van der Waals surface area (Å²) in [7, 11) is 2.16. The number of nitrogens with two attached hydrogens (primary N) is 1. The lowest BCUT2D eigenvalue weighted by atomic mass is 10.1. The van der Waals surface area contributed by atoms with Gasteiger partial charge in [0.1, 0.15) is 12.4 Å². The summed E-state index contributed by atoms with van der Waals surface area (Å²) in [5.74, 6) is 0.892. The van der Waals surface area contributed by atoms with E-state index in [-0.39, 0.29) is 6.04 Å². The van der Waals surface area contributed by atoms with Crippen molar-refractivity contribution in [2.45, 2.75) is 31.8 Å². The first-order chi connectivity index (χ1) is 8.58. The molecule has 1 fully saturated rings. The number of benzene rings is 1. The summed E-state index contributed by atoms with van der Waals surface area (Å²) in [6.45, 7) is 3.68. The Labute approximate surface area is 117 Å². The molecule has 1 aliphatic carbocycles. The minimum absolute atomic E-state index is 0.0522. The van der Waals surface area contributed by atoms with Gasteiger partial charge in [0.05, 0.1) is 4.47 Å². The summed E-state index contributed by atoms with van der Waals surface area (Å²) >= 11 is 3.53. The number of rotatable bonds is 6. The Morgan fingerprint density at radius 1 is 1.50 bits per heavy atom. The molecule has 1 aromatic carbocycles. The van der Waals surface area contributed by atoms with Gasteiger partial charge in [0, 0.05) is 18.6 Å². The molecule has 0 bridgehead atoms. The van der Waals surface area contributed by atoms with Crippen molar-refractivity contribution in [3.63, 3.8) is 0 Å². The van der Waals surface area contributed by atoms with Crippen LogP contribution in [0.4, 0.5) is 0 Å². The van der Waals surface area contributed by atoms with Crippen LogP contribution >= 0.6 is 15.9 Å². The quantitative estimate of drug-likeness (QED) is 0.877. The smallest absolute Gasteiger partial charge is 0.133 e. The Balaban J connectivity index is 1.85. The van der Waals surface area contributed by atoms with Crippen LogP contribution in [0.15, 0.2) is 22.7 Å². The molecule has 1 aliphatic rings. The van der Waals surface area contributed by atoms with E-state index in [2.05, 4.69) is 27.9 Å². The molecule has 2 N–H and O–H groups in total. The topological polar surface area (TPSA) is 38.5 Å². The van der Waals surface area contributed by atoms with Crippen LogP contribution in [-0.2, 0) is 0 Å². The van der Waals surface area contributed by atoms with Gasteiger partial charge in [0.25, 0.3) is 0 Å². The van der Waals surface area contributed by atoms with E-state index >= 15 is 0 Å². The minimum atomic E-state index is 0.0522. The molecule has 2 rings (SSSR count). The molecule has 100 valence electrons. The molecule has 3 nitrogen and oxygen atoms in total. The van der Waals surface area contributed by atoms with Crippen molar-refractivity contribution in [1.29, 1.82) is 0 Å². The highest BCUT2D eigenvalue weighted by atomic mass is 79.9. The van der Waals surface area contributed by atoms with Crippen molar-refractivity contribution >= 4 is 15.9 Å². The van der Waals surface area contributed by atoms with Crippen molar-refractivity contribution in [3.8, 4) is 5.75 Å². The molecule has 0 saturated heterocycles. The van der Waals surface area contributed by atoms with Crippen molar-refractivity contribution in [1.82, 2.24) is 4.90 Å². The monoisotopic (exact) mass is 312 g/mol. The third kappa shape index (κ3) is 3.70. The fourth-order valence-electron chi connectivity index (χ4n) is 1.91. The highest BCUT2D eigenvalue weighted by molar-refractivity contribution is 9.10. The third-order valence-corrected chi connectivity index (χ3v) is 3.97. The summed E-state index contributed by atoms with van der Waals surface area (Å²) < 4.78 is 6.77. The van der Waals surface area contributed by atoms with Crippen molar-refractivity contribution in [3.05, 3.63) is 28.2 Å². The van der Waals surface area contributed by atoms with E-state index in [0.29, 0.717) is 0 Å². The average Bonchev–Trinajstić information content (AvgIpc) is 3.14. The van der Waals surface area contributed by atoms with Gasteiger partial charge in [-0.3, -0.25) is 0 Å². The first kappa shape index (κ1) is 13.8. The largest absolute Gasteiger partial charge is 0.491 e.